The Morgan fingerprint density at radius 3 is 2.45 bits per heavy atom. The number of halogens is 1. The van der Waals surface area contributed by atoms with Crippen LogP contribution in [-0.4, -0.2) is 40.1 Å². The van der Waals surface area contributed by atoms with Gasteiger partial charge in [0, 0.05) is 43.9 Å². The van der Waals surface area contributed by atoms with E-state index < -0.39 is 0 Å². The highest BCUT2D eigenvalue weighted by atomic mass is 19.1. The van der Waals surface area contributed by atoms with Gasteiger partial charge in [-0.1, -0.05) is 24.3 Å². The summed E-state index contributed by atoms with van der Waals surface area (Å²) in [6.07, 6.45) is 0.827. The van der Waals surface area contributed by atoms with Crippen molar-refractivity contribution in [2.75, 3.05) is 13.7 Å². The van der Waals surface area contributed by atoms with E-state index in [0.717, 1.165) is 28.1 Å². The van der Waals surface area contributed by atoms with Gasteiger partial charge >= 0.3 is 0 Å². The van der Waals surface area contributed by atoms with Gasteiger partial charge in [-0.15, -0.1) is 0 Å². The molecule has 0 atom stereocenters. The van der Waals surface area contributed by atoms with E-state index in [9.17, 15) is 14.0 Å². The molecule has 7 nitrogen and oxygen atoms in total. The molecule has 0 saturated heterocycles. The first kappa shape index (κ1) is 22.5. The number of benzene rings is 2. The van der Waals surface area contributed by atoms with Crippen molar-refractivity contribution in [3.05, 3.63) is 82.4 Å². The Hall–Kier alpha value is -3.68. The number of nitrogens with one attached hydrogen (secondary N) is 1. The van der Waals surface area contributed by atoms with Crippen LogP contribution in [0.25, 0.3) is 0 Å². The summed E-state index contributed by atoms with van der Waals surface area (Å²) in [7, 11) is 1.61. The second-order valence-corrected chi connectivity index (χ2v) is 7.99. The van der Waals surface area contributed by atoms with Crippen LogP contribution < -0.4 is 10.1 Å². The van der Waals surface area contributed by atoms with Crippen molar-refractivity contribution in [3.8, 4) is 5.75 Å². The molecule has 33 heavy (non-hydrogen) atoms. The number of nitrogens with zero attached hydrogens (tertiary/aromatic N) is 3. The van der Waals surface area contributed by atoms with E-state index in [4.69, 9.17) is 4.74 Å². The molecule has 8 heteroatoms. The zero-order valence-corrected chi connectivity index (χ0v) is 18.8. The van der Waals surface area contributed by atoms with Crippen LogP contribution in [0.1, 0.15) is 39.8 Å². The molecule has 3 aromatic rings. The van der Waals surface area contributed by atoms with Gasteiger partial charge < -0.3 is 15.0 Å². The maximum atomic E-state index is 13.2. The van der Waals surface area contributed by atoms with Crippen molar-refractivity contribution in [3.63, 3.8) is 0 Å². The minimum atomic E-state index is -0.328. The number of hydrogen-bond donors (Lipinski definition) is 1. The summed E-state index contributed by atoms with van der Waals surface area (Å²) in [5.74, 6) is 0.112. The van der Waals surface area contributed by atoms with Crippen LogP contribution in [0, 0.1) is 5.82 Å². The van der Waals surface area contributed by atoms with Gasteiger partial charge in [-0.2, -0.15) is 5.10 Å². The fourth-order valence-electron chi connectivity index (χ4n) is 4.05. The van der Waals surface area contributed by atoms with Crippen molar-refractivity contribution in [2.45, 2.75) is 39.4 Å². The fraction of sp³-hybridized carbons (Fsp3) is 0.320. The molecule has 1 aliphatic rings. The Balaban J connectivity index is 1.47. The van der Waals surface area contributed by atoms with Gasteiger partial charge in [0.15, 0.2) is 5.69 Å². The van der Waals surface area contributed by atoms with E-state index in [1.807, 2.05) is 35.9 Å². The van der Waals surface area contributed by atoms with Crippen LogP contribution in [0.2, 0.25) is 0 Å². The van der Waals surface area contributed by atoms with E-state index in [1.54, 1.807) is 24.1 Å². The third-order valence-electron chi connectivity index (χ3n) is 5.88. The molecule has 0 saturated carbocycles. The van der Waals surface area contributed by atoms with Crippen LogP contribution in [0.3, 0.4) is 0 Å². The molecule has 0 spiro atoms. The highest BCUT2D eigenvalue weighted by Gasteiger charge is 2.29. The van der Waals surface area contributed by atoms with Gasteiger partial charge in [0.05, 0.1) is 13.5 Å². The van der Waals surface area contributed by atoms with E-state index in [1.165, 1.54) is 12.1 Å². The monoisotopic (exact) mass is 450 g/mol. The zero-order chi connectivity index (χ0) is 23.4. The van der Waals surface area contributed by atoms with Gasteiger partial charge in [-0.05, 0) is 42.3 Å². The van der Waals surface area contributed by atoms with Crippen LogP contribution >= 0.6 is 0 Å². The van der Waals surface area contributed by atoms with Gasteiger partial charge in [-0.25, -0.2) is 4.39 Å². The summed E-state index contributed by atoms with van der Waals surface area (Å²) in [4.78, 5) is 27.6. The number of hydrogen-bond acceptors (Lipinski definition) is 4. The summed E-state index contributed by atoms with van der Waals surface area (Å²) < 4.78 is 20.2. The molecule has 1 aliphatic heterocycles. The molecule has 0 bridgehead atoms. The lowest BCUT2D eigenvalue weighted by Gasteiger charge is -2.28. The maximum Gasteiger partial charge on any atom is 0.272 e. The first-order valence-corrected chi connectivity index (χ1v) is 11.0. The lowest BCUT2D eigenvalue weighted by molar-refractivity contribution is -0.131. The Kier molecular flexibility index (Phi) is 6.72. The quantitative estimate of drug-likeness (QED) is 0.600. The predicted molar refractivity (Wildman–Crippen MR) is 121 cm³/mol. The first-order valence-electron chi connectivity index (χ1n) is 11.0. The van der Waals surface area contributed by atoms with Crippen molar-refractivity contribution in [1.29, 1.82) is 0 Å². The average molecular weight is 451 g/mol. The fourth-order valence-corrected chi connectivity index (χ4v) is 4.05. The topological polar surface area (TPSA) is 76.5 Å². The minimum Gasteiger partial charge on any atom is -0.497 e. The summed E-state index contributed by atoms with van der Waals surface area (Å²) in [6, 6.07) is 13.4. The number of rotatable bonds is 7. The normalized spacial score (nSPS) is 12.9. The Bertz CT molecular complexity index is 1140. The van der Waals surface area contributed by atoms with Crippen molar-refractivity contribution >= 4 is 11.8 Å². The van der Waals surface area contributed by atoms with Crippen molar-refractivity contribution in [1.82, 2.24) is 20.0 Å². The predicted octanol–water partition coefficient (Wildman–Crippen LogP) is 3.11. The highest BCUT2D eigenvalue weighted by Crippen LogP contribution is 2.24. The molecule has 1 aromatic heterocycles. The number of fused-ring (bicyclic) bond motifs is 1. The maximum absolute atomic E-state index is 13.2. The number of carbonyl (C=O) groups excluding carboxylic acids is 2. The van der Waals surface area contributed by atoms with E-state index in [2.05, 4.69) is 10.4 Å². The molecule has 172 valence electrons. The molecule has 0 radical (unpaired) electrons. The molecular weight excluding hydrogens is 423 g/mol. The van der Waals surface area contributed by atoms with Gasteiger partial charge in [-0.3, -0.25) is 14.3 Å². The number of ether oxygens (including phenoxy) is 1. The molecule has 0 unspecified atom stereocenters. The van der Waals surface area contributed by atoms with Gasteiger partial charge in [0.25, 0.3) is 5.91 Å². The van der Waals surface area contributed by atoms with E-state index in [-0.39, 0.29) is 24.1 Å². The lowest BCUT2D eigenvalue weighted by atomic mass is 10.0. The van der Waals surface area contributed by atoms with Crippen LogP contribution in [0.15, 0.2) is 48.5 Å². The number of methoxy groups -OCH3 is 1. The molecule has 4 rings (SSSR count). The number of aromatic nitrogens is 2. The third kappa shape index (κ3) is 5.05. The lowest BCUT2D eigenvalue weighted by Crippen LogP contribution is -2.38. The second kappa shape index (κ2) is 9.85. The SMILES string of the molecule is CCn1nc(C(=O)NCc2ccc(OC)cc2)c2c1CCN(C(=O)Cc1ccc(F)cc1)C2. The Morgan fingerprint density at radius 1 is 1.09 bits per heavy atom. The van der Waals surface area contributed by atoms with Gasteiger partial charge in [0.2, 0.25) is 5.91 Å². The van der Waals surface area contributed by atoms with Crippen molar-refractivity contribution < 1.29 is 18.7 Å². The molecular formula is C25H27FN4O3. The molecule has 2 heterocycles. The van der Waals surface area contributed by atoms with E-state index >= 15 is 0 Å². The van der Waals surface area contributed by atoms with E-state index in [0.29, 0.717) is 38.3 Å². The number of aryl methyl sites for hydroxylation is 1. The molecule has 2 amide bonds. The summed E-state index contributed by atoms with van der Waals surface area (Å²) in [5.41, 5.74) is 3.86. The first-order chi connectivity index (χ1) is 16.0. The zero-order valence-electron chi connectivity index (χ0n) is 18.8. The average Bonchev–Trinajstić information content (AvgIpc) is 3.22. The summed E-state index contributed by atoms with van der Waals surface area (Å²) in [5, 5.41) is 7.48. The summed E-state index contributed by atoms with van der Waals surface area (Å²) in [6.45, 7) is 3.89. The largest absolute Gasteiger partial charge is 0.497 e. The van der Waals surface area contributed by atoms with Crippen LogP contribution in [0.4, 0.5) is 4.39 Å². The van der Waals surface area contributed by atoms with Gasteiger partial charge in [0.1, 0.15) is 11.6 Å². The minimum absolute atomic E-state index is 0.0545. The smallest absolute Gasteiger partial charge is 0.272 e. The molecule has 1 N–H and O–H groups in total. The standard InChI is InChI=1S/C25H27FN4O3/c1-3-30-22-12-13-29(23(31)14-17-4-8-19(26)9-5-17)16-21(22)24(28-30)25(32)27-15-18-6-10-20(33-2)11-7-18/h4-11H,3,12-16H2,1-2H3,(H,27,32). The molecule has 0 fully saturated rings. The Labute approximate surface area is 192 Å². The number of amides is 2. The second-order valence-electron chi connectivity index (χ2n) is 7.99. The number of carbonyl (C=O) groups is 2. The molecule has 2 aromatic carbocycles. The van der Waals surface area contributed by atoms with Crippen LogP contribution in [-0.2, 0) is 37.3 Å². The third-order valence-corrected chi connectivity index (χ3v) is 5.88. The highest BCUT2D eigenvalue weighted by molar-refractivity contribution is 5.94. The van der Waals surface area contributed by atoms with Crippen LogP contribution in [0.5, 0.6) is 5.75 Å². The Morgan fingerprint density at radius 2 is 1.79 bits per heavy atom. The molecule has 0 aliphatic carbocycles. The summed E-state index contributed by atoms with van der Waals surface area (Å²) >= 11 is 0. The van der Waals surface area contributed by atoms with Crippen molar-refractivity contribution in [2.24, 2.45) is 0 Å².